The maximum absolute atomic E-state index is 10.5. The number of carboxylic acid groups (broad SMARTS) is 1. The highest BCUT2D eigenvalue weighted by atomic mass is 16.5. The molecule has 1 N–H and O–H groups in total. The normalized spacial score (nSPS) is 9.55. The predicted molar refractivity (Wildman–Crippen MR) is 78.3 cm³/mol. The molecule has 0 heterocycles. The highest BCUT2D eigenvalue weighted by Gasteiger charge is 2.09. The average molecular weight is 292 g/mol. The fraction of sp³-hybridized carbons (Fsp3) is 0.118. The monoisotopic (exact) mass is 292 g/mol. The Morgan fingerprint density at radius 2 is 1.82 bits per heavy atom. The van der Waals surface area contributed by atoms with Gasteiger partial charge in [-0.15, -0.1) is 0 Å². The van der Waals surface area contributed by atoms with Crippen molar-refractivity contribution in [2.45, 2.75) is 12.8 Å². The molecule has 2 rings (SSSR count). The zero-order chi connectivity index (χ0) is 15.9. The molecule has 0 amide bonds. The lowest BCUT2D eigenvalue weighted by Gasteiger charge is -2.08. The van der Waals surface area contributed by atoms with Crippen molar-refractivity contribution < 1.29 is 14.6 Å². The number of aryl methyl sites for hydroxylation is 1. The molecule has 2 aromatic rings. The lowest BCUT2D eigenvalue weighted by molar-refractivity contribution is -0.136. The third-order valence-corrected chi connectivity index (χ3v) is 3.04. The lowest BCUT2D eigenvalue weighted by atomic mass is 10.1. The summed E-state index contributed by atoms with van der Waals surface area (Å²) in [4.78, 5) is 10.5. The summed E-state index contributed by atoms with van der Waals surface area (Å²) in [7, 11) is 0. The molecule has 22 heavy (non-hydrogen) atoms. The maximum Gasteiger partial charge on any atom is 0.303 e. The van der Waals surface area contributed by atoms with E-state index in [1.54, 1.807) is 42.5 Å². The SMILES string of the molecule is N#Cc1cccc(Oc2ccc(CCC(=O)O)cc2)c1C#N. The Bertz CT molecular complexity index is 768. The van der Waals surface area contributed by atoms with Crippen molar-refractivity contribution in [3.05, 3.63) is 59.2 Å². The van der Waals surface area contributed by atoms with E-state index >= 15 is 0 Å². The molecule has 5 nitrogen and oxygen atoms in total. The molecular weight excluding hydrogens is 280 g/mol. The summed E-state index contributed by atoms with van der Waals surface area (Å²) >= 11 is 0. The minimum atomic E-state index is -0.840. The van der Waals surface area contributed by atoms with Gasteiger partial charge in [-0.3, -0.25) is 4.79 Å². The van der Waals surface area contributed by atoms with Crippen LogP contribution < -0.4 is 4.74 Å². The van der Waals surface area contributed by atoms with Gasteiger partial charge in [0.1, 0.15) is 29.2 Å². The molecule has 0 spiro atoms. The van der Waals surface area contributed by atoms with Crippen LogP contribution in [0.1, 0.15) is 23.1 Å². The second kappa shape index (κ2) is 6.92. The van der Waals surface area contributed by atoms with E-state index in [9.17, 15) is 4.79 Å². The van der Waals surface area contributed by atoms with E-state index in [0.717, 1.165) is 5.56 Å². The van der Waals surface area contributed by atoms with Crippen molar-refractivity contribution in [3.63, 3.8) is 0 Å². The summed E-state index contributed by atoms with van der Waals surface area (Å²) in [5.74, 6) is -0.00203. The first kappa shape index (κ1) is 15.1. The topological polar surface area (TPSA) is 94.1 Å². The largest absolute Gasteiger partial charge is 0.481 e. The molecule has 0 atom stereocenters. The molecule has 0 bridgehead atoms. The summed E-state index contributed by atoms with van der Waals surface area (Å²) in [5.41, 5.74) is 1.35. The van der Waals surface area contributed by atoms with E-state index in [0.29, 0.717) is 17.9 Å². The number of hydrogen-bond donors (Lipinski definition) is 1. The number of aliphatic carboxylic acids is 1. The van der Waals surface area contributed by atoms with Crippen LogP contribution in [0.25, 0.3) is 0 Å². The number of rotatable bonds is 5. The number of carbonyl (C=O) groups is 1. The predicted octanol–water partition coefficient (Wildman–Crippen LogP) is 3.24. The molecule has 108 valence electrons. The molecular formula is C17H12N2O3. The Hall–Kier alpha value is -3.31. The third-order valence-electron chi connectivity index (χ3n) is 3.04. The zero-order valence-corrected chi connectivity index (χ0v) is 11.6. The average Bonchev–Trinajstić information content (AvgIpc) is 2.53. The molecule has 0 aliphatic rings. The Balaban J connectivity index is 2.17. The van der Waals surface area contributed by atoms with Crippen molar-refractivity contribution in [2.75, 3.05) is 0 Å². The minimum Gasteiger partial charge on any atom is -0.481 e. The van der Waals surface area contributed by atoms with Crippen molar-refractivity contribution in [1.29, 1.82) is 10.5 Å². The Morgan fingerprint density at radius 1 is 1.09 bits per heavy atom. The van der Waals surface area contributed by atoms with Crippen LogP contribution in [0.2, 0.25) is 0 Å². The zero-order valence-electron chi connectivity index (χ0n) is 11.6. The van der Waals surface area contributed by atoms with Gasteiger partial charge in [-0.25, -0.2) is 0 Å². The van der Waals surface area contributed by atoms with Gasteiger partial charge in [-0.05, 0) is 36.2 Å². The fourth-order valence-corrected chi connectivity index (χ4v) is 1.93. The van der Waals surface area contributed by atoms with Gasteiger partial charge in [0.15, 0.2) is 0 Å². The number of benzene rings is 2. The van der Waals surface area contributed by atoms with Crippen LogP contribution in [0.15, 0.2) is 42.5 Å². The molecule has 0 fully saturated rings. The van der Waals surface area contributed by atoms with Gasteiger partial charge < -0.3 is 9.84 Å². The van der Waals surface area contributed by atoms with E-state index in [1.807, 2.05) is 12.1 Å². The first-order valence-electron chi connectivity index (χ1n) is 6.56. The maximum atomic E-state index is 10.5. The van der Waals surface area contributed by atoms with Crippen molar-refractivity contribution in [2.24, 2.45) is 0 Å². The van der Waals surface area contributed by atoms with Crippen molar-refractivity contribution in [3.8, 4) is 23.6 Å². The Kier molecular flexibility index (Phi) is 4.74. The van der Waals surface area contributed by atoms with Crippen molar-refractivity contribution >= 4 is 5.97 Å². The highest BCUT2D eigenvalue weighted by Crippen LogP contribution is 2.27. The van der Waals surface area contributed by atoms with E-state index in [2.05, 4.69) is 0 Å². The summed E-state index contributed by atoms with van der Waals surface area (Å²) in [6.07, 6.45) is 0.520. The summed E-state index contributed by atoms with van der Waals surface area (Å²) in [6, 6.07) is 15.7. The molecule has 0 radical (unpaired) electrons. The van der Waals surface area contributed by atoms with Gasteiger partial charge in [-0.2, -0.15) is 10.5 Å². The van der Waals surface area contributed by atoms with Crippen LogP contribution >= 0.6 is 0 Å². The summed E-state index contributed by atoms with van der Waals surface area (Å²) in [6.45, 7) is 0. The third kappa shape index (κ3) is 3.62. The number of ether oxygens (including phenoxy) is 1. The van der Waals surface area contributed by atoms with Gasteiger partial charge in [-0.1, -0.05) is 18.2 Å². The number of hydrogen-bond acceptors (Lipinski definition) is 4. The summed E-state index contributed by atoms with van der Waals surface area (Å²) < 4.78 is 5.63. The van der Waals surface area contributed by atoms with Crippen LogP contribution in [-0.4, -0.2) is 11.1 Å². The van der Waals surface area contributed by atoms with Crippen LogP contribution in [0, 0.1) is 22.7 Å². The van der Waals surface area contributed by atoms with E-state index in [4.69, 9.17) is 20.4 Å². The Morgan fingerprint density at radius 3 is 2.41 bits per heavy atom. The number of nitrogens with zero attached hydrogens (tertiary/aromatic N) is 2. The van der Waals surface area contributed by atoms with Crippen LogP contribution in [0.4, 0.5) is 0 Å². The number of carboxylic acids is 1. The lowest BCUT2D eigenvalue weighted by Crippen LogP contribution is -1.97. The first-order chi connectivity index (χ1) is 10.6. The molecule has 0 aliphatic heterocycles. The molecule has 0 saturated carbocycles. The fourth-order valence-electron chi connectivity index (χ4n) is 1.93. The van der Waals surface area contributed by atoms with Gasteiger partial charge in [0, 0.05) is 6.42 Å². The molecule has 0 aliphatic carbocycles. The number of nitriles is 2. The summed E-state index contributed by atoms with van der Waals surface area (Å²) in [5, 5.41) is 26.8. The standard InChI is InChI=1S/C17H12N2O3/c18-10-13-2-1-3-16(15(13)11-19)22-14-7-4-12(5-8-14)6-9-17(20)21/h1-5,7-8H,6,9H2,(H,20,21). The quantitative estimate of drug-likeness (QED) is 0.912. The first-order valence-corrected chi connectivity index (χ1v) is 6.56. The molecule has 2 aromatic carbocycles. The van der Waals surface area contributed by atoms with Gasteiger partial charge in [0.2, 0.25) is 0 Å². The molecule has 0 unspecified atom stereocenters. The van der Waals surface area contributed by atoms with Gasteiger partial charge >= 0.3 is 5.97 Å². The Labute approximate surface area is 127 Å². The van der Waals surface area contributed by atoms with E-state index < -0.39 is 5.97 Å². The van der Waals surface area contributed by atoms with Gasteiger partial charge in [0.25, 0.3) is 0 Å². The van der Waals surface area contributed by atoms with Crippen molar-refractivity contribution in [1.82, 2.24) is 0 Å². The van der Waals surface area contributed by atoms with E-state index in [-0.39, 0.29) is 17.5 Å². The second-order valence-corrected chi connectivity index (χ2v) is 4.54. The minimum absolute atomic E-state index is 0.0724. The van der Waals surface area contributed by atoms with Crippen LogP contribution in [0.5, 0.6) is 11.5 Å². The van der Waals surface area contributed by atoms with Crippen LogP contribution in [-0.2, 0) is 11.2 Å². The molecule has 0 aromatic heterocycles. The second-order valence-electron chi connectivity index (χ2n) is 4.54. The van der Waals surface area contributed by atoms with Crippen LogP contribution in [0.3, 0.4) is 0 Å². The smallest absolute Gasteiger partial charge is 0.303 e. The molecule has 5 heteroatoms. The van der Waals surface area contributed by atoms with Gasteiger partial charge in [0.05, 0.1) is 5.56 Å². The molecule has 0 saturated heterocycles. The van der Waals surface area contributed by atoms with E-state index in [1.165, 1.54) is 0 Å². The highest BCUT2D eigenvalue weighted by molar-refractivity contribution is 5.67.